The Kier molecular flexibility index (Phi) is 9.72. The van der Waals surface area contributed by atoms with E-state index in [-0.39, 0.29) is 0 Å². The summed E-state index contributed by atoms with van der Waals surface area (Å²) in [4.78, 5) is 15.5. The third kappa shape index (κ3) is 6.67. The molecule has 0 aliphatic heterocycles. The predicted molar refractivity (Wildman–Crippen MR) is 264 cm³/mol. The van der Waals surface area contributed by atoms with Crippen LogP contribution in [0.4, 0.5) is 0 Å². The first-order chi connectivity index (χ1) is 31.2. The molecular formula is C58H42N4Si. The Labute approximate surface area is 368 Å². The Bertz CT molecular complexity index is 3230. The first-order valence-electron chi connectivity index (χ1n) is 21.4. The number of aromatic nitrogens is 4. The monoisotopic (exact) mass is 822 g/mol. The van der Waals surface area contributed by atoms with E-state index in [1.165, 1.54) is 42.6 Å². The number of para-hydroxylation sites is 1. The Morgan fingerprint density at radius 1 is 0.349 bits per heavy atom. The van der Waals surface area contributed by atoms with Crippen LogP contribution < -0.4 is 20.7 Å². The van der Waals surface area contributed by atoms with Gasteiger partial charge in [0, 0.05) is 33.0 Å². The van der Waals surface area contributed by atoms with Gasteiger partial charge in [-0.2, -0.15) is 0 Å². The lowest BCUT2D eigenvalue weighted by Crippen LogP contribution is -2.75. The number of hydrogen-bond acceptors (Lipinski definition) is 3. The molecule has 298 valence electrons. The molecule has 0 bridgehead atoms. The normalized spacial score (nSPS) is 11.6. The number of rotatable bonds is 9. The first-order valence-corrected chi connectivity index (χ1v) is 23.4. The zero-order chi connectivity index (χ0) is 42.2. The fourth-order valence-corrected chi connectivity index (χ4v) is 14.4. The van der Waals surface area contributed by atoms with E-state index in [1.807, 2.05) is 36.4 Å². The Hall–Kier alpha value is -7.99. The fourth-order valence-electron chi connectivity index (χ4n) is 9.44. The molecule has 11 aromatic rings. The summed E-state index contributed by atoms with van der Waals surface area (Å²) >= 11 is 0. The number of nitrogens with zero attached hydrogens (tertiary/aromatic N) is 4. The lowest BCUT2D eigenvalue weighted by molar-refractivity contribution is 1.07. The molecule has 0 unspecified atom stereocenters. The summed E-state index contributed by atoms with van der Waals surface area (Å²) in [6.07, 6.45) is 0. The molecule has 2 heterocycles. The van der Waals surface area contributed by atoms with Crippen molar-refractivity contribution >= 4 is 50.6 Å². The molecule has 0 aliphatic carbocycles. The average Bonchev–Trinajstić information content (AvgIpc) is 3.69. The van der Waals surface area contributed by atoms with Gasteiger partial charge in [-0.05, 0) is 57.5 Å². The summed E-state index contributed by atoms with van der Waals surface area (Å²) < 4.78 is 2.45. The Morgan fingerprint density at radius 2 is 0.810 bits per heavy atom. The van der Waals surface area contributed by atoms with E-state index in [4.69, 9.17) is 15.0 Å². The molecule has 0 spiro atoms. The van der Waals surface area contributed by atoms with Crippen molar-refractivity contribution < 1.29 is 0 Å². The minimum Gasteiger partial charge on any atom is -0.309 e. The van der Waals surface area contributed by atoms with E-state index in [2.05, 4.69) is 212 Å². The lowest BCUT2D eigenvalue weighted by atomic mass is 10.00. The molecule has 0 radical (unpaired) electrons. The second-order valence-electron chi connectivity index (χ2n) is 16.0. The molecule has 11 rings (SSSR count). The van der Waals surface area contributed by atoms with Gasteiger partial charge in [0.15, 0.2) is 25.5 Å². The van der Waals surface area contributed by atoms with Gasteiger partial charge < -0.3 is 4.57 Å². The average molecular weight is 823 g/mol. The highest BCUT2D eigenvalue weighted by molar-refractivity contribution is 7.20. The van der Waals surface area contributed by atoms with Gasteiger partial charge in [0.1, 0.15) is 0 Å². The van der Waals surface area contributed by atoms with Gasteiger partial charge >= 0.3 is 0 Å². The van der Waals surface area contributed by atoms with E-state index in [1.54, 1.807) is 0 Å². The van der Waals surface area contributed by atoms with Crippen LogP contribution in [0.3, 0.4) is 0 Å². The Morgan fingerprint density at radius 3 is 1.38 bits per heavy atom. The van der Waals surface area contributed by atoms with Gasteiger partial charge in [0.25, 0.3) is 0 Å². The number of hydrogen-bond donors (Lipinski definition) is 0. The van der Waals surface area contributed by atoms with Gasteiger partial charge in [-0.3, -0.25) is 0 Å². The standard InChI is InChI=1S/C58H42N4Si/c1-41-35-38-53-51(39-41)48-31-17-19-33-52(48)62(53)54-40-44(58-60-56(42-21-7-2-8-22-42)59-57(61-58)43-23-9-3-10-24-43)36-37-49(54)50-32-18-20-34-55(50)63(45-25-11-4-12-26-45,46-27-13-5-14-28-46)47-29-15-6-16-30-47/h2-40H,1H3. The van der Waals surface area contributed by atoms with E-state index < -0.39 is 8.07 Å². The highest BCUT2D eigenvalue weighted by Gasteiger charge is 2.43. The van der Waals surface area contributed by atoms with Crippen molar-refractivity contribution in [3.05, 3.63) is 242 Å². The maximum Gasteiger partial charge on any atom is 0.180 e. The fraction of sp³-hybridized carbons (Fsp3) is 0.0172. The third-order valence-corrected chi connectivity index (χ3v) is 17.1. The van der Waals surface area contributed by atoms with Crippen LogP contribution in [0.1, 0.15) is 5.56 Å². The topological polar surface area (TPSA) is 43.6 Å². The largest absolute Gasteiger partial charge is 0.309 e. The molecule has 0 amide bonds. The molecule has 0 saturated carbocycles. The smallest absolute Gasteiger partial charge is 0.180 e. The van der Waals surface area contributed by atoms with Gasteiger partial charge in [0.05, 0.1) is 16.7 Å². The number of benzene rings is 9. The van der Waals surface area contributed by atoms with E-state index >= 15 is 0 Å². The molecular weight excluding hydrogens is 781 g/mol. The SMILES string of the molecule is Cc1ccc2c(c1)c1ccccc1n2-c1cc(-c2nc(-c3ccccc3)nc(-c3ccccc3)n2)ccc1-c1ccccc1[Si](c1ccccc1)(c1ccccc1)c1ccccc1. The molecule has 63 heavy (non-hydrogen) atoms. The summed E-state index contributed by atoms with van der Waals surface area (Å²) in [5, 5.41) is 7.72. The van der Waals surface area contributed by atoms with Crippen molar-refractivity contribution in [2.24, 2.45) is 0 Å². The quantitative estimate of drug-likeness (QED) is 0.108. The molecule has 0 fully saturated rings. The van der Waals surface area contributed by atoms with E-state index in [0.29, 0.717) is 17.5 Å². The van der Waals surface area contributed by atoms with Crippen molar-refractivity contribution in [3.8, 4) is 51.0 Å². The van der Waals surface area contributed by atoms with Crippen LogP contribution >= 0.6 is 0 Å². The lowest BCUT2D eigenvalue weighted by Gasteiger charge is -2.36. The second-order valence-corrected chi connectivity index (χ2v) is 19.8. The van der Waals surface area contributed by atoms with Crippen LogP contribution in [0.15, 0.2) is 237 Å². The minimum atomic E-state index is -2.96. The third-order valence-electron chi connectivity index (χ3n) is 12.3. The summed E-state index contributed by atoms with van der Waals surface area (Å²) in [6.45, 7) is 2.17. The van der Waals surface area contributed by atoms with Crippen LogP contribution in [0.2, 0.25) is 0 Å². The van der Waals surface area contributed by atoms with Gasteiger partial charge in [-0.15, -0.1) is 0 Å². The zero-order valence-electron chi connectivity index (χ0n) is 34.8. The van der Waals surface area contributed by atoms with E-state index in [9.17, 15) is 0 Å². The highest BCUT2D eigenvalue weighted by atomic mass is 28.3. The van der Waals surface area contributed by atoms with Crippen LogP contribution in [0.25, 0.3) is 72.8 Å². The molecule has 0 aliphatic rings. The number of fused-ring (bicyclic) bond motifs is 3. The molecule has 0 saturated heterocycles. The second kappa shape index (κ2) is 16.1. The maximum atomic E-state index is 5.21. The van der Waals surface area contributed by atoms with Crippen LogP contribution in [0.5, 0.6) is 0 Å². The van der Waals surface area contributed by atoms with Crippen LogP contribution in [-0.2, 0) is 0 Å². The van der Waals surface area contributed by atoms with E-state index in [0.717, 1.165) is 39.0 Å². The molecule has 5 heteroatoms. The van der Waals surface area contributed by atoms with Gasteiger partial charge in [0.2, 0.25) is 0 Å². The van der Waals surface area contributed by atoms with Gasteiger partial charge in [-0.1, -0.05) is 218 Å². The molecule has 2 aromatic heterocycles. The van der Waals surface area contributed by atoms with Crippen molar-refractivity contribution in [1.29, 1.82) is 0 Å². The summed E-state index contributed by atoms with van der Waals surface area (Å²) in [5.74, 6) is 1.88. The first kappa shape index (κ1) is 38.0. The van der Waals surface area contributed by atoms with Crippen molar-refractivity contribution in [3.63, 3.8) is 0 Å². The summed E-state index contributed by atoms with van der Waals surface area (Å²) in [7, 11) is -2.96. The summed E-state index contributed by atoms with van der Waals surface area (Å²) in [5.41, 5.74) is 9.63. The minimum absolute atomic E-state index is 0.613. The van der Waals surface area contributed by atoms with Gasteiger partial charge in [-0.25, -0.2) is 15.0 Å². The van der Waals surface area contributed by atoms with Crippen molar-refractivity contribution in [2.75, 3.05) is 0 Å². The zero-order valence-corrected chi connectivity index (χ0v) is 35.8. The van der Waals surface area contributed by atoms with Crippen LogP contribution in [0, 0.1) is 6.92 Å². The Balaban J connectivity index is 1.24. The molecule has 9 aromatic carbocycles. The predicted octanol–water partition coefficient (Wildman–Crippen LogP) is 11.3. The molecule has 0 N–H and O–H groups in total. The molecule has 0 atom stereocenters. The summed E-state index contributed by atoms with van der Waals surface area (Å²) in [6, 6.07) is 85.3. The van der Waals surface area contributed by atoms with Crippen molar-refractivity contribution in [2.45, 2.75) is 6.92 Å². The van der Waals surface area contributed by atoms with Crippen LogP contribution in [-0.4, -0.2) is 27.6 Å². The number of aryl methyl sites for hydroxylation is 1. The maximum absolute atomic E-state index is 5.21. The highest BCUT2D eigenvalue weighted by Crippen LogP contribution is 2.39. The van der Waals surface area contributed by atoms with Crippen molar-refractivity contribution in [1.82, 2.24) is 19.5 Å². The molecule has 4 nitrogen and oxygen atoms in total.